The summed E-state index contributed by atoms with van der Waals surface area (Å²) < 4.78 is 5.12. The van der Waals surface area contributed by atoms with Crippen LogP contribution in [0.3, 0.4) is 0 Å². The molecule has 0 fully saturated rings. The molecule has 1 atom stereocenters. The predicted octanol–water partition coefficient (Wildman–Crippen LogP) is 2.49. The average molecular weight is 275 g/mol. The first-order chi connectivity index (χ1) is 9.56. The number of benzene rings is 1. The fourth-order valence-electron chi connectivity index (χ4n) is 1.81. The van der Waals surface area contributed by atoms with Gasteiger partial charge in [0.2, 0.25) is 0 Å². The van der Waals surface area contributed by atoms with Crippen LogP contribution in [0.15, 0.2) is 24.4 Å². The second-order valence-corrected chi connectivity index (χ2v) is 4.56. The van der Waals surface area contributed by atoms with Crippen molar-refractivity contribution in [3.63, 3.8) is 0 Å². The molecule has 0 bridgehead atoms. The zero-order valence-corrected chi connectivity index (χ0v) is 11.7. The number of nitrogens with zero attached hydrogens (tertiary/aromatic N) is 3. The summed E-state index contributed by atoms with van der Waals surface area (Å²) in [5.41, 5.74) is 1.37. The van der Waals surface area contributed by atoms with Gasteiger partial charge < -0.3 is 9.84 Å². The summed E-state index contributed by atoms with van der Waals surface area (Å²) in [5.74, 6) is -0.180. The van der Waals surface area contributed by atoms with Gasteiger partial charge in [0, 0.05) is 12.0 Å². The molecule has 1 N–H and O–H groups in total. The fraction of sp³-hybridized carbons (Fsp3) is 0.357. The monoisotopic (exact) mass is 275 g/mol. The molecule has 0 aliphatic rings. The molecule has 1 aromatic carbocycles. The van der Waals surface area contributed by atoms with Gasteiger partial charge in [0.15, 0.2) is 0 Å². The Hall–Kier alpha value is -2.37. The Bertz CT molecular complexity index is 622. The molecular formula is C14H17N3O3. The van der Waals surface area contributed by atoms with Crippen molar-refractivity contribution in [2.75, 3.05) is 7.11 Å². The number of ether oxygens (including phenoxy) is 1. The van der Waals surface area contributed by atoms with Gasteiger partial charge in [0.25, 0.3) is 0 Å². The van der Waals surface area contributed by atoms with Crippen molar-refractivity contribution in [1.29, 1.82) is 0 Å². The summed E-state index contributed by atoms with van der Waals surface area (Å²) in [4.78, 5) is 12.6. The van der Waals surface area contributed by atoms with E-state index in [1.807, 2.05) is 0 Å². The molecule has 0 amide bonds. The van der Waals surface area contributed by atoms with Crippen molar-refractivity contribution in [2.45, 2.75) is 26.2 Å². The Kier molecular flexibility index (Phi) is 4.02. The van der Waals surface area contributed by atoms with Crippen molar-refractivity contribution < 1.29 is 14.6 Å². The van der Waals surface area contributed by atoms with Gasteiger partial charge in [-0.1, -0.05) is 13.8 Å². The quantitative estimate of drug-likeness (QED) is 0.907. The lowest BCUT2D eigenvalue weighted by Gasteiger charge is -2.08. The molecule has 2 rings (SSSR count). The van der Waals surface area contributed by atoms with Gasteiger partial charge in [-0.15, -0.1) is 0 Å². The van der Waals surface area contributed by atoms with Gasteiger partial charge in [-0.05, 0) is 18.6 Å². The molecule has 0 spiro atoms. The van der Waals surface area contributed by atoms with E-state index in [1.54, 1.807) is 18.3 Å². The van der Waals surface area contributed by atoms with Crippen molar-refractivity contribution in [3.8, 4) is 11.4 Å². The van der Waals surface area contributed by atoms with Crippen molar-refractivity contribution in [1.82, 2.24) is 15.0 Å². The van der Waals surface area contributed by atoms with E-state index in [0.717, 1.165) is 12.1 Å². The van der Waals surface area contributed by atoms with Crippen LogP contribution in [-0.4, -0.2) is 33.2 Å². The molecule has 0 unspecified atom stereocenters. The van der Waals surface area contributed by atoms with Crippen LogP contribution in [0.5, 0.6) is 5.75 Å². The molecule has 20 heavy (non-hydrogen) atoms. The molecule has 0 saturated heterocycles. The highest BCUT2D eigenvalue weighted by atomic mass is 16.5. The van der Waals surface area contributed by atoms with Gasteiger partial charge in [0.05, 0.1) is 24.6 Å². The molecule has 6 nitrogen and oxygen atoms in total. The van der Waals surface area contributed by atoms with Gasteiger partial charge in [-0.3, -0.25) is 0 Å². The number of methoxy groups -OCH3 is 1. The van der Waals surface area contributed by atoms with E-state index in [9.17, 15) is 9.90 Å². The third-order valence-corrected chi connectivity index (χ3v) is 3.28. The van der Waals surface area contributed by atoms with E-state index in [0.29, 0.717) is 11.4 Å². The molecular weight excluding hydrogens is 258 g/mol. The maximum Gasteiger partial charge on any atom is 0.337 e. The second-order valence-electron chi connectivity index (χ2n) is 4.56. The van der Waals surface area contributed by atoms with Crippen LogP contribution >= 0.6 is 0 Å². The Morgan fingerprint density at radius 1 is 1.50 bits per heavy atom. The maximum absolute atomic E-state index is 11.3. The van der Waals surface area contributed by atoms with E-state index in [-0.39, 0.29) is 11.5 Å². The number of aromatic nitrogens is 3. The lowest BCUT2D eigenvalue weighted by Crippen LogP contribution is -2.08. The van der Waals surface area contributed by atoms with Crippen LogP contribution in [-0.2, 0) is 0 Å². The molecule has 0 saturated carbocycles. The first kappa shape index (κ1) is 14.0. The summed E-state index contributed by atoms with van der Waals surface area (Å²) in [6.07, 6.45) is 2.61. The second kappa shape index (κ2) is 5.73. The zero-order valence-electron chi connectivity index (χ0n) is 11.7. The predicted molar refractivity (Wildman–Crippen MR) is 73.6 cm³/mol. The minimum absolute atomic E-state index is 0.136. The van der Waals surface area contributed by atoms with Crippen LogP contribution in [0, 0.1) is 0 Å². The van der Waals surface area contributed by atoms with Crippen LogP contribution in [0.4, 0.5) is 0 Å². The molecule has 6 heteroatoms. The fourth-order valence-corrected chi connectivity index (χ4v) is 1.81. The number of hydrogen-bond donors (Lipinski definition) is 1. The number of aromatic carboxylic acids is 1. The van der Waals surface area contributed by atoms with Gasteiger partial charge >= 0.3 is 5.97 Å². The summed E-state index contributed by atoms with van der Waals surface area (Å²) in [6.45, 7) is 4.12. The Balaban J connectivity index is 2.49. The number of carboxylic acid groups (broad SMARTS) is 1. The third kappa shape index (κ3) is 2.64. The van der Waals surface area contributed by atoms with Gasteiger partial charge in [-0.25, -0.2) is 4.79 Å². The van der Waals surface area contributed by atoms with Crippen LogP contribution in [0.2, 0.25) is 0 Å². The SMILES string of the molecule is CC[C@H](C)c1cnn(-c2cc(OC)ccc2C(=O)O)n1. The van der Waals surface area contributed by atoms with Crippen molar-refractivity contribution in [3.05, 3.63) is 35.7 Å². The topological polar surface area (TPSA) is 77.2 Å². The number of carbonyl (C=O) groups is 1. The summed E-state index contributed by atoms with van der Waals surface area (Å²) in [6, 6.07) is 4.71. The van der Waals surface area contributed by atoms with Crippen LogP contribution in [0.1, 0.15) is 42.2 Å². The summed E-state index contributed by atoms with van der Waals surface area (Å²) in [7, 11) is 1.53. The van der Waals surface area contributed by atoms with Gasteiger partial charge in [0.1, 0.15) is 11.4 Å². The Labute approximate surface area is 117 Å². The molecule has 0 radical (unpaired) electrons. The number of hydrogen-bond acceptors (Lipinski definition) is 4. The largest absolute Gasteiger partial charge is 0.497 e. The first-order valence-corrected chi connectivity index (χ1v) is 6.40. The minimum atomic E-state index is -1.02. The lowest BCUT2D eigenvalue weighted by atomic mass is 10.1. The van der Waals surface area contributed by atoms with Gasteiger partial charge in [-0.2, -0.15) is 15.0 Å². The van der Waals surface area contributed by atoms with Crippen LogP contribution < -0.4 is 4.74 Å². The first-order valence-electron chi connectivity index (χ1n) is 6.40. The minimum Gasteiger partial charge on any atom is -0.497 e. The highest BCUT2D eigenvalue weighted by Crippen LogP contribution is 2.22. The van der Waals surface area contributed by atoms with E-state index in [1.165, 1.54) is 18.0 Å². The summed E-state index contributed by atoms with van der Waals surface area (Å²) >= 11 is 0. The van der Waals surface area contributed by atoms with E-state index >= 15 is 0 Å². The lowest BCUT2D eigenvalue weighted by molar-refractivity contribution is 0.0696. The smallest absolute Gasteiger partial charge is 0.337 e. The molecule has 106 valence electrons. The zero-order chi connectivity index (χ0) is 14.7. The molecule has 0 aliphatic heterocycles. The van der Waals surface area contributed by atoms with Crippen LogP contribution in [0.25, 0.3) is 5.69 Å². The average Bonchev–Trinajstić information content (AvgIpc) is 2.95. The maximum atomic E-state index is 11.3. The third-order valence-electron chi connectivity index (χ3n) is 3.28. The number of rotatable bonds is 5. The standard InChI is InChI=1S/C14H17N3O3/c1-4-9(2)12-8-15-17(16-12)13-7-10(20-3)5-6-11(13)14(18)19/h5-9H,4H2,1-3H3,(H,18,19)/t9-/m0/s1. The highest BCUT2D eigenvalue weighted by Gasteiger charge is 2.16. The van der Waals surface area contributed by atoms with Crippen molar-refractivity contribution >= 4 is 5.97 Å². The van der Waals surface area contributed by atoms with Crippen molar-refractivity contribution in [2.24, 2.45) is 0 Å². The molecule has 2 aromatic rings. The van der Waals surface area contributed by atoms with E-state index < -0.39 is 5.97 Å². The van der Waals surface area contributed by atoms with E-state index in [2.05, 4.69) is 24.0 Å². The highest BCUT2D eigenvalue weighted by molar-refractivity contribution is 5.92. The Morgan fingerprint density at radius 3 is 2.85 bits per heavy atom. The molecule has 0 aliphatic carbocycles. The van der Waals surface area contributed by atoms with E-state index in [4.69, 9.17) is 4.74 Å². The number of carboxylic acids is 1. The summed E-state index contributed by atoms with van der Waals surface area (Å²) in [5, 5.41) is 17.8. The normalized spacial score (nSPS) is 12.2. The molecule has 1 heterocycles. The Morgan fingerprint density at radius 2 is 2.25 bits per heavy atom. The molecule has 1 aromatic heterocycles.